The minimum absolute atomic E-state index is 0.108. The Morgan fingerprint density at radius 2 is 1.66 bits per heavy atom. The summed E-state index contributed by atoms with van der Waals surface area (Å²) in [6.45, 7) is 2.75. The molecule has 0 saturated carbocycles. The number of methoxy groups -OCH3 is 3. The average Bonchev–Trinajstić information content (AvgIpc) is 3.51. The van der Waals surface area contributed by atoms with Crippen LogP contribution in [0.3, 0.4) is 0 Å². The second kappa shape index (κ2) is 16.1. The highest BCUT2D eigenvalue weighted by Crippen LogP contribution is 2.43. The number of amides is 2. The third-order valence-electron chi connectivity index (χ3n) is 7.64. The van der Waals surface area contributed by atoms with Gasteiger partial charge in [-0.1, -0.05) is 36.2 Å². The Kier molecular flexibility index (Phi) is 11.7. The molecule has 0 radical (unpaired) electrons. The highest BCUT2D eigenvalue weighted by Gasteiger charge is 2.35. The number of nitrogens with one attached hydrogen (secondary N) is 2. The molecule has 0 aliphatic carbocycles. The zero-order valence-electron chi connectivity index (χ0n) is 26.9. The Bertz CT molecular complexity index is 1710. The Balaban J connectivity index is 1.49. The van der Waals surface area contributed by atoms with Gasteiger partial charge in [0.15, 0.2) is 0 Å². The number of ether oxygens (including phenoxy) is 3. The molecule has 4 aromatic carbocycles. The van der Waals surface area contributed by atoms with Crippen molar-refractivity contribution < 1.29 is 23.8 Å². The van der Waals surface area contributed by atoms with Crippen LogP contribution in [0.4, 0.5) is 11.4 Å². The fourth-order valence-corrected chi connectivity index (χ4v) is 7.41. The van der Waals surface area contributed by atoms with Crippen LogP contribution in [0.15, 0.2) is 94.7 Å². The minimum Gasteiger partial charge on any atom is -0.497 e. The molecule has 0 bridgehead atoms. The van der Waals surface area contributed by atoms with Gasteiger partial charge in [-0.2, -0.15) is 0 Å². The van der Waals surface area contributed by atoms with E-state index in [0.29, 0.717) is 24.5 Å². The summed E-state index contributed by atoms with van der Waals surface area (Å²) in [5.74, 6) is 1.85. The van der Waals surface area contributed by atoms with E-state index < -0.39 is 6.04 Å². The topological polar surface area (TPSA) is 92.4 Å². The molecule has 1 atom stereocenters. The summed E-state index contributed by atoms with van der Waals surface area (Å²) < 4.78 is 24.4. The van der Waals surface area contributed by atoms with E-state index >= 15 is 0 Å². The van der Waals surface area contributed by atoms with E-state index in [2.05, 4.69) is 14.3 Å². The number of fused-ring (bicyclic) bond motifs is 1. The zero-order chi connectivity index (χ0) is 33.3. The molecule has 0 spiro atoms. The van der Waals surface area contributed by atoms with Crippen molar-refractivity contribution in [1.82, 2.24) is 9.44 Å². The van der Waals surface area contributed by atoms with Crippen LogP contribution >= 0.6 is 35.8 Å². The number of anilines is 2. The van der Waals surface area contributed by atoms with Gasteiger partial charge < -0.3 is 23.4 Å². The molecule has 246 valence electrons. The lowest BCUT2D eigenvalue weighted by Crippen LogP contribution is -2.37. The summed E-state index contributed by atoms with van der Waals surface area (Å²) in [5, 5.41) is 0. The van der Waals surface area contributed by atoms with Gasteiger partial charge in [0.05, 0.1) is 31.9 Å². The maximum atomic E-state index is 14.2. The van der Waals surface area contributed by atoms with E-state index in [1.807, 2.05) is 102 Å². The average molecular weight is 691 g/mol. The standard InChI is InChI=1S/C35H38N4O5S3/c1-23-12-17-32(31(20-23)44-4)46-37-35(41)34(24-8-6-9-26(21-24)43-3)38-19-18-28-29(38)10-7-11-30(28)39(22-33(40)36-45-5)47-27-15-13-25(42-2)14-16-27/h6-17,20-21,34H,18-19,22H2,1-5H3,(H,36,40)(H,37,41). The summed E-state index contributed by atoms with van der Waals surface area (Å²) in [4.78, 5) is 31.0. The van der Waals surface area contributed by atoms with Crippen molar-refractivity contribution in [2.45, 2.75) is 29.2 Å². The largest absolute Gasteiger partial charge is 0.497 e. The van der Waals surface area contributed by atoms with Gasteiger partial charge >= 0.3 is 0 Å². The molecule has 1 unspecified atom stereocenters. The first-order valence-electron chi connectivity index (χ1n) is 14.9. The lowest BCUT2D eigenvalue weighted by Gasteiger charge is -2.31. The van der Waals surface area contributed by atoms with Gasteiger partial charge in [-0.05, 0) is 109 Å². The third kappa shape index (κ3) is 8.24. The molecular weight excluding hydrogens is 653 g/mol. The molecule has 1 aliphatic rings. The highest BCUT2D eigenvalue weighted by molar-refractivity contribution is 8.00. The fourth-order valence-electron chi connectivity index (χ4n) is 5.45. The number of carbonyl (C=O) groups excluding carboxylic acids is 2. The van der Waals surface area contributed by atoms with Crippen LogP contribution in [0.5, 0.6) is 17.2 Å². The normalized spacial score (nSPS) is 12.6. The molecule has 0 fully saturated rings. The first kappa shape index (κ1) is 34.2. The Morgan fingerprint density at radius 1 is 0.894 bits per heavy atom. The van der Waals surface area contributed by atoms with Crippen LogP contribution in [0.2, 0.25) is 0 Å². The zero-order valence-corrected chi connectivity index (χ0v) is 29.4. The molecule has 1 aliphatic heterocycles. The number of hydrogen-bond donors (Lipinski definition) is 2. The quantitative estimate of drug-likeness (QED) is 0.137. The molecule has 9 nitrogen and oxygen atoms in total. The van der Waals surface area contributed by atoms with Crippen LogP contribution < -0.4 is 32.9 Å². The predicted molar refractivity (Wildman–Crippen MR) is 193 cm³/mol. The van der Waals surface area contributed by atoms with E-state index in [9.17, 15) is 9.59 Å². The summed E-state index contributed by atoms with van der Waals surface area (Å²) >= 11 is 3.99. The van der Waals surface area contributed by atoms with Gasteiger partial charge in [-0.15, -0.1) is 0 Å². The second-order valence-corrected chi connectivity index (χ2v) is 13.2. The van der Waals surface area contributed by atoms with Crippen molar-refractivity contribution >= 4 is 59.0 Å². The van der Waals surface area contributed by atoms with E-state index in [-0.39, 0.29) is 18.4 Å². The lowest BCUT2D eigenvalue weighted by atomic mass is 10.0. The van der Waals surface area contributed by atoms with E-state index in [1.165, 1.54) is 35.8 Å². The number of hydrogen-bond acceptors (Lipinski definition) is 10. The Labute approximate surface area is 289 Å². The van der Waals surface area contributed by atoms with Gasteiger partial charge in [0.1, 0.15) is 29.8 Å². The summed E-state index contributed by atoms with van der Waals surface area (Å²) in [7, 11) is 4.88. The number of nitrogens with zero attached hydrogens (tertiary/aromatic N) is 2. The van der Waals surface area contributed by atoms with Gasteiger partial charge in [-0.25, -0.2) is 0 Å². The van der Waals surface area contributed by atoms with Crippen LogP contribution in [-0.4, -0.2) is 52.5 Å². The van der Waals surface area contributed by atoms with Gasteiger partial charge in [0.2, 0.25) is 5.91 Å². The van der Waals surface area contributed by atoms with Gasteiger partial charge in [-0.3, -0.25) is 19.0 Å². The highest BCUT2D eigenvalue weighted by atomic mass is 32.2. The van der Waals surface area contributed by atoms with Crippen molar-refractivity contribution in [3.63, 3.8) is 0 Å². The van der Waals surface area contributed by atoms with Crippen molar-refractivity contribution in [2.75, 3.05) is 49.9 Å². The van der Waals surface area contributed by atoms with Crippen LogP contribution in [-0.2, 0) is 16.0 Å². The van der Waals surface area contributed by atoms with E-state index in [0.717, 1.165) is 43.6 Å². The van der Waals surface area contributed by atoms with Crippen LogP contribution in [0.25, 0.3) is 0 Å². The second-order valence-electron chi connectivity index (χ2n) is 10.7. The first-order valence-corrected chi connectivity index (χ1v) is 17.7. The fraction of sp³-hybridized carbons (Fsp3) is 0.257. The summed E-state index contributed by atoms with van der Waals surface area (Å²) in [6, 6.07) is 26.7. The van der Waals surface area contributed by atoms with Gasteiger partial charge in [0, 0.05) is 28.9 Å². The van der Waals surface area contributed by atoms with Crippen molar-refractivity contribution in [2.24, 2.45) is 0 Å². The third-order valence-corrected chi connectivity index (χ3v) is 9.96. The summed E-state index contributed by atoms with van der Waals surface area (Å²) in [6.07, 6.45) is 2.52. The molecule has 5 rings (SSSR count). The number of benzene rings is 4. The van der Waals surface area contributed by atoms with Crippen LogP contribution in [0.1, 0.15) is 22.7 Å². The van der Waals surface area contributed by atoms with Gasteiger partial charge in [0.25, 0.3) is 5.91 Å². The molecule has 0 aromatic heterocycles. The molecular formula is C35H38N4O5S3. The molecule has 12 heteroatoms. The molecule has 47 heavy (non-hydrogen) atoms. The first-order chi connectivity index (χ1) is 22.8. The Morgan fingerprint density at radius 3 is 2.38 bits per heavy atom. The smallest absolute Gasteiger partial charge is 0.257 e. The molecule has 1 heterocycles. The van der Waals surface area contributed by atoms with E-state index in [4.69, 9.17) is 14.2 Å². The van der Waals surface area contributed by atoms with E-state index in [1.54, 1.807) is 21.3 Å². The monoisotopic (exact) mass is 690 g/mol. The number of aryl methyl sites for hydroxylation is 1. The Hall–Kier alpha value is -4.13. The van der Waals surface area contributed by atoms with Crippen molar-refractivity contribution in [1.29, 1.82) is 0 Å². The van der Waals surface area contributed by atoms with Crippen molar-refractivity contribution in [3.8, 4) is 17.2 Å². The predicted octanol–water partition coefficient (Wildman–Crippen LogP) is 6.86. The summed E-state index contributed by atoms with van der Waals surface area (Å²) in [5.41, 5.74) is 4.81. The number of carbonyl (C=O) groups is 2. The number of rotatable bonds is 14. The van der Waals surface area contributed by atoms with Crippen molar-refractivity contribution in [3.05, 3.63) is 102 Å². The maximum Gasteiger partial charge on any atom is 0.257 e. The lowest BCUT2D eigenvalue weighted by molar-refractivity contribution is -0.120. The van der Waals surface area contributed by atoms with Crippen LogP contribution in [0, 0.1) is 6.92 Å². The molecule has 2 amide bonds. The minimum atomic E-state index is -0.645. The molecule has 0 saturated heterocycles. The maximum absolute atomic E-state index is 14.2. The molecule has 4 aromatic rings. The SMILES string of the molecule is COc1ccc(SN(CC(=O)NSC)c2cccc3c2CCN3C(C(=O)NSc2ccc(C)cc2OC)c2cccc(OC)c2)cc1. The molecule has 2 N–H and O–H groups in total.